The number of anilines is 2. The van der Waals surface area contributed by atoms with Crippen molar-refractivity contribution in [2.24, 2.45) is 0 Å². The predicted octanol–water partition coefficient (Wildman–Crippen LogP) is 3.30. The van der Waals surface area contributed by atoms with Crippen LogP contribution in [0, 0.1) is 13.8 Å². The molecular formula is C18H20N2O2. The second kappa shape index (κ2) is 6.89. The minimum absolute atomic E-state index is 0.00728. The average Bonchev–Trinajstić information content (AvgIpc) is 2.48. The molecule has 0 fully saturated rings. The van der Waals surface area contributed by atoms with Gasteiger partial charge in [0.1, 0.15) is 6.54 Å². The molecule has 0 unspecified atom stereocenters. The lowest BCUT2D eigenvalue weighted by Gasteiger charge is -2.21. The fraction of sp³-hybridized carbons (Fsp3) is 0.222. The molecule has 0 radical (unpaired) electrons. The summed E-state index contributed by atoms with van der Waals surface area (Å²) < 4.78 is 0. The molecule has 2 aromatic carbocycles. The van der Waals surface area contributed by atoms with Crippen molar-refractivity contribution < 1.29 is 9.59 Å². The first-order valence-electron chi connectivity index (χ1n) is 7.17. The van der Waals surface area contributed by atoms with E-state index in [9.17, 15) is 9.59 Å². The van der Waals surface area contributed by atoms with Gasteiger partial charge in [-0.2, -0.15) is 0 Å². The van der Waals surface area contributed by atoms with E-state index in [0.29, 0.717) is 5.69 Å². The minimum Gasteiger partial charge on any atom is -0.324 e. The van der Waals surface area contributed by atoms with Gasteiger partial charge in [-0.15, -0.1) is 0 Å². The number of amides is 2. The molecule has 0 aliphatic rings. The van der Waals surface area contributed by atoms with Gasteiger partial charge in [0.2, 0.25) is 11.8 Å². The van der Waals surface area contributed by atoms with E-state index < -0.39 is 0 Å². The summed E-state index contributed by atoms with van der Waals surface area (Å²) in [6.07, 6.45) is 0. The molecule has 0 saturated heterocycles. The number of carbonyl (C=O) groups is 2. The van der Waals surface area contributed by atoms with Gasteiger partial charge in [-0.1, -0.05) is 35.9 Å². The lowest BCUT2D eigenvalue weighted by molar-refractivity contribution is -0.120. The molecule has 22 heavy (non-hydrogen) atoms. The lowest BCUT2D eigenvalue weighted by Crippen LogP contribution is -2.36. The van der Waals surface area contributed by atoms with Crippen molar-refractivity contribution >= 4 is 23.2 Å². The summed E-state index contributed by atoms with van der Waals surface area (Å²) in [4.78, 5) is 25.5. The molecule has 4 heteroatoms. The summed E-state index contributed by atoms with van der Waals surface area (Å²) in [5.74, 6) is -0.381. The summed E-state index contributed by atoms with van der Waals surface area (Å²) in [6.45, 7) is 5.40. The van der Waals surface area contributed by atoms with Crippen LogP contribution in [0.1, 0.15) is 18.1 Å². The fourth-order valence-electron chi connectivity index (χ4n) is 2.28. The van der Waals surface area contributed by atoms with Crippen molar-refractivity contribution in [1.29, 1.82) is 0 Å². The third kappa shape index (κ3) is 3.95. The zero-order chi connectivity index (χ0) is 16.1. The highest BCUT2D eigenvalue weighted by molar-refractivity contribution is 6.02. The van der Waals surface area contributed by atoms with Crippen molar-refractivity contribution in [2.45, 2.75) is 20.8 Å². The number of benzene rings is 2. The fourth-order valence-corrected chi connectivity index (χ4v) is 2.28. The van der Waals surface area contributed by atoms with Gasteiger partial charge in [-0.05, 0) is 37.6 Å². The monoisotopic (exact) mass is 296 g/mol. The van der Waals surface area contributed by atoms with Crippen molar-refractivity contribution in [1.82, 2.24) is 0 Å². The first kappa shape index (κ1) is 15.8. The summed E-state index contributed by atoms with van der Waals surface area (Å²) in [6, 6.07) is 15.0. The highest BCUT2D eigenvalue weighted by atomic mass is 16.2. The van der Waals surface area contributed by atoms with Crippen LogP contribution >= 0.6 is 0 Å². The van der Waals surface area contributed by atoms with Crippen LogP contribution in [0.3, 0.4) is 0 Å². The molecule has 0 heterocycles. The van der Waals surface area contributed by atoms with E-state index in [4.69, 9.17) is 0 Å². The number of nitrogens with one attached hydrogen (secondary N) is 1. The summed E-state index contributed by atoms with van der Waals surface area (Å²) in [7, 11) is 0. The maximum absolute atomic E-state index is 12.2. The minimum atomic E-state index is -0.217. The van der Waals surface area contributed by atoms with E-state index >= 15 is 0 Å². The summed E-state index contributed by atoms with van der Waals surface area (Å²) in [5.41, 5.74) is 3.63. The molecule has 0 aliphatic carbocycles. The van der Waals surface area contributed by atoms with E-state index in [1.54, 1.807) is 0 Å². The highest BCUT2D eigenvalue weighted by Gasteiger charge is 2.16. The van der Waals surface area contributed by atoms with E-state index in [2.05, 4.69) is 5.32 Å². The van der Waals surface area contributed by atoms with Crippen molar-refractivity contribution in [2.75, 3.05) is 16.8 Å². The molecule has 0 aliphatic heterocycles. The molecular weight excluding hydrogens is 276 g/mol. The van der Waals surface area contributed by atoms with Crippen LogP contribution in [0.15, 0.2) is 48.5 Å². The smallest absolute Gasteiger partial charge is 0.244 e. The maximum Gasteiger partial charge on any atom is 0.244 e. The Morgan fingerprint density at radius 3 is 2.32 bits per heavy atom. The van der Waals surface area contributed by atoms with Crippen molar-refractivity contribution in [3.63, 3.8) is 0 Å². The van der Waals surface area contributed by atoms with Crippen molar-refractivity contribution in [3.05, 3.63) is 59.7 Å². The van der Waals surface area contributed by atoms with Crippen molar-refractivity contribution in [3.8, 4) is 0 Å². The SMILES string of the molecule is CC(=O)N(CC(=O)Nc1ccc(C)cc1C)c1ccccc1. The van der Waals surface area contributed by atoms with Gasteiger partial charge in [-0.3, -0.25) is 9.59 Å². The molecule has 0 bridgehead atoms. The normalized spacial score (nSPS) is 10.1. The third-order valence-corrected chi connectivity index (χ3v) is 3.41. The second-order valence-electron chi connectivity index (χ2n) is 5.31. The van der Waals surface area contributed by atoms with Crippen LogP contribution in [0.2, 0.25) is 0 Å². The number of para-hydroxylation sites is 1. The van der Waals surface area contributed by atoms with Gasteiger partial charge in [0.15, 0.2) is 0 Å². The van der Waals surface area contributed by atoms with Crippen LogP contribution < -0.4 is 10.2 Å². The standard InChI is InChI=1S/C18H20N2O2/c1-13-9-10-17(14(2)11-13)19-18(22)12-20(15(3)21)16-7-5-4-6-8-16/h4-11H,12H2,1-3H3,(H,19,22). The van der Waals surface area contributed by atoms with Crippen LogP contribution in [-0.2, 0) is 9.59 Å². The zero-order valence-electron chi connectivity index (χ0n) is 13.1. The topological polar surface area (TPSA) is 49.4 Å². The number of aryl methyl sites for hydroxylation is 2. The number of hydrogen-bond acceptors (Lipinski definition) is 2. The maximum atomic E-state index is 12.2. The van der Waals surface area contributed by atoms with Crippen LogP contribution in [0.25, 0.3) is 0 Å². The van der Waals surface area contributed by atoms with Gasteiger partial charge >= 0.3 is 0 Å². The second-order valence-corrected chi connectivity index (χ2v) is 5.31. The first-order valence-corrected chi connectivity index (χ1v) is 7.17. The van der Waals surface area contributed by atoms with Gasteiger partial charge in [0.05, 0.1) is 0 Å². The zero-order valence-corrected chi connectivity index (χ0v) is 13.1. The molecule has 114 valence electrons. The van der Waals surface area contributed by atoms with E-state index in [0.717, 1.165) is 16.8 Å². The van der Waals surface area contributed by atoms with Gasteiger partial charge < -0.3 is 10.2 Å². The number of rotatable bonds is 4. The van der Waals surface area contributed by atoms with E-state index in [1.807, 2.05) is 62.4 Å². The molecule has 0 spiro atoms. The van der Waals surface area contributed by atoms with Crippen LogP contribution in [0.5, 0.6) is 0 Å². The number of nitrogens with zero attached hydrogens (tertiary/aromatic N) is 1. The molecule has 4 nitrogen and oxygen atoms in total. The lowest BCUT2D eigenvalue weighted by atomic mass is 10.1. The Kier molecular flexibility index (Phi) is 4.94. The molecule has 0 atom stereocenters. The molecule has 0 saturated carbocycles. The average molecular weight is 296 g/mol. The van der Waals surface area contributed by atoms with E-state index in [-0.39, 0.29) is 18.4 Å². The Labute approximate surface area is 130 Å². The molecule has 2 aromatic rings. The molecule has 0 aromatic heterocycles. The van der Waals surface area contributed by atoms with Gasteiger partial charge in [-0.25, -0.2) is 0 Å². The Morgan fingerprint density at radius 2 is 1.73 bits per heavy atom. The van der Waals surface area contributed by atoms with Gasteiger partial charge in [0, 0.05) is 18.3 Å². The van der Waals surface area contributed by atoms with Crippen LogP contribution in [0.4, 0.5) is 11.4 Å². The molecule has 2 rings (SSSR count). The number of carbonyl (C=O) groups excluding carboxylic acids is 2. The first-order chi connectivity index (χ1) is 10.5. The Morgan fingerprint density at radius 1 is 1.05 bits per heavy atom. The van der Waals surface area contributed by atoms with Gasteiger partial charge in [0.25, 0.3) is 0 Å². The third-order valence-electron chi connectivity index (χ3n) is 3.41. The summed E-state index contributed by atoms with van der Waals surface area (Å²) in [5, 5.41) is 2.86. The summed E-state index contributed by atoms with van der Waals surface area (Å²) >= 11 is 0. The van der Waals surface area contributed by atoms with E-state index in [1.165, 1.54) is 11.8 Å². The Bertz CT molecular complexity index is 681. The quantitative estimate of drug-likeness (QED) is 0.941. The van der Waals surface area contributed by atoms with Crippen LogP contribution in [-0.4, -0.2) is 18.4 Å². The Balaban J connectivity index is 2.10. The largest absolute Gasteiger partial charge is 0.324 e. The molecule has 1 N–H and O–H groups in total. The molecule has 2 amide bonds. The number of hydrogen-bond donors (Lipinski definition) is 1. The highest BCUT2D eigenvalue weighted by Crippen LogP contribution is 2.17. The predicted molar refractivity (Wildman–Crippen MR) is 89.0 cm³/mol. The Hall–Kier alpha value is -2.62.